The second-order valence-electron chi connectivity index (χ2n) is 9.12. The molecule has 9 heteroatoms. The van der Waals surface area contributed by atoms with Gasteiger partial charge in [-0.2, -0.15) is 0 Å². The van der Waals surface area contributed by atoms with Crippen LogP contribution in [-0.2, 0) is 4.74 Å². The van der Waals surface area contributed by atoms with Crippen molar-refractivity contribution in [2.75, 3.05) is 25.5 Å². The van der Waals surface area contributed by atoms with Crippen molar-refractivity contribution in [2.45, 2.75) is 18.9 Å². The molecule has 9 nitrogen and oxygen atoms in total. The zero-order valence-electron chi connectivity index (χ0n) is 20.8. The van der Waals surface area contributed by atoms with Crippen molar-refractivity contribution in [3.63, 3.8) is 0 Å². The largest absolute Gasteiger partial charge is 0.494 e. The molecule has 1 aromatic heterocycles. The normalized spacial score (nSPS) is 14.5. The zero-order chi connectivity index (χ0) is 26.6. The topological polar surface area (TPSA) is 127 Å². The lowest BCUT2D eigenvalue weighted by Crippen LogP contribution is -2.42. The highest BCUT2D eigenvalue weighted by Crippen LogP contribution is 2.32. The molecule has 0 radical (unpaired) electrons. The van der Waals surface area contributed by atoms with Gasteiger partial charge in [-0.1, -0.05) is 36.4 Å². The molecule has 0 unspecified atom stereocenters. The molecule has 0 bridgehead atoms. The van der Waals surface area contributed by atoms with Crippen molar-refractivity contribution in [3.05, 3.63) is 89.5 Å². The number of nitrogens with zero attached hydrogens (tertiary/aromatic N) is 2. The van der Waals surface area contributed by atoms with Gasteiger partial charge in [-0.05, 0) is 49.2 Å². The van der Waals surface area contributed by atoms with E-state index in [2.05, 4.69) is 10.3 Å². The molecule has 0 aliphatic carbocycles. The molecule has 1 saturated heterocycles. The Morgan fingerprint density at radius 3 is 2.39 bits per heavy atom. The molecule has 194 valence electrons. The van der Waals surface area contributed by atoms with Crippen LogP contribution in [0.1, 0.15) is 34.3 Å². The third kappa shape index (κ3) is 5.23. The predicted molar refractivity (Wildman–Crippen MR) is 145 cm³/mol. The molecule has 2 amide bonds. The van der Waals surface area contributed by atoms with Crippen LogP contribution in [0.4, 0.5) is 16.2 Å². The van der Waals surface area contributed by atoms with Gasteiger partial charge in [0, 0.05) is 35.2 Å². The number of aromatic nitrogens is 1. The quantitative estimate of drug-likeness (QED) is 0.225. The number of rotatable bonds is 5. The number of aliphatic imine (C=N–C) groups is 1. The highest BCUT2D eigenvalue weighted by atomic mass is 16.5. The number of aromatic hydroxyl groups is 1. The van der Waals surface area contributed by atoms with Gasteiger partial charge in [0.25, 0.3) is 0 Å². The molecule has 38 heavy (non-hydrogen) atoms. The van der Waals surface area contributed by atoms with E-state index in [1.807, 2.05) is 30.3 Å². The summed E-state index contributed by atoms with van der Waals surface area (Å²) in [6.45, 7) is 1.04. The van der Waals surface area contributed by atoms with E-state index in [1.165, 1.54) is 7.11 Å². The van der Waals surface area contributed by atoms with E-state index in [9.17, 15) is 19.8 Å². The Labute approximate surface area is 219 Å². The van der Waals surface area contributed by atoms with E-state index in [0.717, 1.165) is 5.56 Å². The molecule has 3 aromatic carbocycles. The highest BCUT2D eigenvalue weighted by molar-refractivity contribution is 6.22. The first-order valence-electron chi connectivity index (χ1n) is 12.3. The summed E-state index contributed by atoms with van der Waals surface area (Å²) in [4.78, 5) is 34.1. The number of nitrogens with one attached hydrogen (secondary N) is 2. The number of aromatic amines is 1. The van der Waals surface area contributed by atoms with Crippen molar-refractivity contribution >= 4 is 40.0 Å². The van der Waals surface area contributed by atoms with Gasteiger partial charge in [0.05, 0.1) is 35.7 Å². The van der Waals surface area contributed by atoms with Gasteiger partial charge < -0.3 is 30.2 Å². The van der Waals surface area contributed by atoms with E-state index in [1.54, 1.807) is 47.4 Å². The summed E-state index contributed by atoms with van der Waals surface area (Å²) >= 11 is 0. The van der Waals surface area contributed by atoms with E-state index in [4.69, 9.17) is 9.73 Å². The summed E-state index contributed by atoms with van der Waals surface area (Å²) in [5, 5.41) is 24.2. The van der Waals surface area contributed by atoms with E-state index < -0.39 is 5.97 Å². The molecule has 1 fully saturated rings. The lowest BCUT2D eigenvalue weighted by molar-refractivity contribution is 0.0600. The number of likely N-dealkylation sites (tertiary alicyclic amines) is 1. The van der Waals surface area contributed by atoms with E-state index in [-0.39, 0.29) is 18.0 Å². The van der Waals surface area contributed by atoms with Crippen LogP contribution in [-0.4, -0.2) is 64.1 Å². The summed E-state index contributed by atoms with van der Waals surface area (Å²) in [5.74, 6) is -0.537. The first-order chi connectivity index (χ1) is 18.4. The number of aliphatic hydroxyl groups is 1. The fraction of sp³-hybridized carbons (Fsp3) is 0.207. The van der Waals surface area contributed by atoms with Crippen LogP contribution in [0, 0.1) is 0 Å². The SMILES string of the molecule is COC(=O)c1ccc2c(C(=Nc3ccc(NC(=O)N4CCC(O)CC4)cc3)c3ccccc3)c(O)[nH]c2c1. The Kier molecular flexibility index (Phi) is 7.10. The van der Waals surface area contributed by atoms with Crippen LogP contribution in [0.5, 0.6) is 5.88 Å². The molecule has 2 heterocycles. The second-order valence-corrected chi connectivity index (χ2v) is 9.12. The van der Waals surface area contributed by atoms with Crippen molar-refractivity contribution in [2.24, 2.45) is 4.99 Å². The van der Waals surface area contributed by atoms with Gasteiger partial charge in [-0.15, -0.1) is 0 Å². The number of aliphatic hydroxyl groups excluding tert-OH is 1. The molecule has 1 aliphatic heterocycles. The van der Waals surface area contributed by atoms with Gasteiger partial charge in [-0.25, -0.2) is 14.6 Å². The smallest absolute Gasteiger partial charge is 0.337 e. The number of hydrogen-bond donors (Lipinski definition) is 4. The average Bonchev–Trinajstić information content (AvgIpc) is 3.27. The zero-order valence-corrected chi connectivity index (χ0v) is 20.8. The predicted octanol–water partition coefficient (Wildman–Crippen LogP) is 4.82. The Balaban J connectivity index is 1.47. The van der Waals surface area contributed by atoms with E-state index >= 15 is 0 Å². The molecular weight excluding hydrogens is 484 g/mol. The minimum atomic E-state index is -0.468. The standard InChI is InChI=1S/C29H28N4O5/c1-38-28(36)19-7-12-23-24(17-19)32-27(35)25(23)26(18-5-3-2-4-6-18)30-20-8-10-21(11-9-20)31-29(37)33-15-13-22(34)14-16-33/h2-12,17,22,32,34-35H,13-16H2,1H3,(H,31,37). The number of benzene rings is 3. The average molecular weight is 513 g/mol. The Morgan fingerprint density at radius 2 is 1.71 bits per heavy atom. The Bertz CT molecular complexity index is 1490. The number of methoxy groups -OCH3 is 1. The number of carbonyl (C=O) groups is 2. The highest BCUT2D eigenvalue weighted by Gasteiger charge is 2.22. The number of carbonyl (C=O) groups excluding carboxylic acids is 2. The number of urea groups is 1. The Morgan fingerprint density at radius 1 is 1.00 bits per heavy atom. The van der Waals surface area contributed by atoms with Crippen molar-refractivity contribution < 1.29 is 24.5 Å². The third-order valence-electron chi connectivity index (χ3n) is 6.60. The first kappa shape index (κ1) is 25.0. The van der Waals surface area contributed by atoms with Gasteiger partial charge >= 0.3 is 12.0 Å². The monoisotopic (exact) mass is 512 g/mol. The number of anilines is 1. The summed E-state index contributed by atoms with van der Waals surface area (Å²) in [5.41, 5.74) is 4.05. The maximum Gasteiger partial charge on any atom is 0.337 e. The third-order valence-corrected chi connectivity index (χ3v) is 6.60. The minimum Gasteiger partial charge on any atom is -0.494 e. The Hall–Kier alpha value is -4.63. The molecular formula is C29H28N4O5. The summed E-state index contributed by atoms with van der Waals surface area (Å²) in [6.07, 6.45) is 0.809. The number of amides is 2. The fourth-order valence-electron chi connectivity index (χ4n) is 4.55. The van der Waals surface area contributed by atoms with Crippen LogP contribution in [0.25, 0.3) is 10.9 Å². The number of piperidine rings is 1. The summed E-state index contributed by atoms with van der Waals surface area (Å²) < 4.78 is 4.81. The van der Waals surface area contributed by atoms with Crippen molar-refractivity contribution in [1.29, 1.82) is 0 Å². The molecule has 4 N–H and O–H groups in total. The summed E-state index contributed by atoms with van der Waals surface area (Å²) in [6, 6.07) is 21.5. The van der Waals surface area contributed by atoms with Crippen LogP contribution in [0.15, 0.2) is 77.8 Å². The second kappa shape index (κ2) is 10.8. The van der Waals surface area contributed by atoms with Crippen LogP contribution < -0.4 is 5.32 Å². The lowest BCUT2D eigenvalue weighted by Gasteiger charge is -2.29. The van der Waals surface area contributed by atoms with Crippen LogP contribution in [0.2, 0.25) is 0 Å². The van der Waals surface area contributed by atoms with Crippen molar-refractivity contribution in [3.8, 4) is 5.88 Å². The number of H-pyrrole nitrogens is 1. The number of ether oxygens (including phenoxy) is 1. The fourth-order valence-corrected chi connectivity index (χ4v) is 4.55. The molecule has 5 rings (SSSR count). The maximum absolute atomic E-state index is 12.6. The van der Waals surface area contributed by atoms with Gasteiger partial charge in [0.15, 0.2) is 5.88 Å². The van der Waals surface area contributed by atoms with Gasteiger partial charge in [-0.3, -0.25) is 0 Å². The van der Waals surface area contributed by atoms with E-state index in [0.29, 0.717) is 65.0 Å². The van der Waals surface area contributed by atoms with Crippen LogP contribution in [0.3, 0.4) is 0 Å². The number of fused-ring (bicyclic) bond motifs is 1. The van der Waals surface area contributed by atoms with Crippen LogP contribution >= 0.6 is 0 Å². The molecule has 0 saturated carbocycles. The number of hydrogen-bond acceptors (Lipinski definition) is 6. The summed E-state index contributed by atoms with van der Waals surface area (Å²) in [7, 11) is 1.32. The minimum absolute atomic E-state index is 0.0693. The molecule has 4 aromatic rings. The maximum atomic E-state index is 12.6. The number of esters is 1. The molecule has 1 aliphatic rings. The molecule has 0 atom stereocenters. The van der Waals surface area contributed by atoms with Gasteiger partial charge in [0.2, 0.25) is 0 Å². The molecule has 0 spiro atoms. The van der Waals surface area contributed by atoms with Gasteiger partial charge in [0.1, 0.15) is 0 Å². The first-order valence-corrected chi connectivity index (χ1v) is 12.3. The lowest BCUT2D eigenvalue weighted by atomic mass is 10.00. The van der Waals surface area contributed by atoms with Crippen molar-refractivity contribution in [1.82, 2.24) is 9.88 Å².